The molecule has 0 aromatic carbocycles. The van der Waals surface area contributed by atoms with Crippen molar-refractivity contribution in [3.05, 3.63) is 0 Å². The smallest absolute Gasteiger partial charge is 0.568 e. The van der Waals surface area contributed by atoms with Crippen molar-refractivity contribution in [2.75, 3.05) is 7.11 Å². The van der Waals surface area contributed by atoms with Crippen LogP contribution in [0.25, 0.3) is 0 Å². The SMILES string of the molecule is C[O+]=[C-]O[Si]F. The third-order valence-corrected chi connectivity index (χ3v) is 0.324. The van der Waals surface area contributed by atoms with Crippen LogP contribution in [0.5, 0.6) is 0 Å². The average molecular weight is 106 g/mol. The van der Waals surface area contributed by atoms with Crippen LogP contribution in [-0.2, 0) is 8.85 Å². The van der Waals surface area contributed by atoms with E-state index in [4.69, 9.17) is 0 Å². The van der Waals surface area contributed by atoms with Gasteiger partial charge in [0.2, 0.25) is 0 Å². The van der Waals surface area contributed by atoms with E-state index in [2.05, 4.69) is 8.85 Å². The first-order chi connectivity index (χ1) is 2.91. The highest BCUT2D eigenvalue weighted by Gasteiger charge is 1.82. The molecule has 2 radical (unpaired) electrons. The molecular formula is C2H3FO2Si. The first-order valence-electron chi connectivity index (χ1n) is 1.21. The second-order valence-electron chi connectivity index (χ2n) is 0.467. The quantitative estimate of drug-likeness (QED) is 0.205. The number of rotatable bonds is 2. The van der Waals surface area contributed by atoms with E-state index in [0.717, 1.165) is 0 Å². The molecule has 0 fully saturated rings. The van der Waals surface area contributed by atoms with E-state index in [-0.39, 0.29) is 0 Å². The van der Waals surface area contributed by atoms with Crippen molar-refractivity contribution in [2.45, 2.75) is 0 Å². The van der Waals surface area contributed by atoms with E-state index in [9.17, 15) is 4.11 Å². The van der Waals surface area contributed by atoms with Crippen LogP contribution >= 0.6 is 0 Å². The van der Waals surface area contributed by atoms with Gasteiger partial charge in [0.05, 0.1) is 0 Å². The van der Waals surface area contributed by atoms with Crippen LogP contribution in [-0.4, -0.2) is 23.7 Å². The van der Waals surface area contributed by atoms with E-state index >= 15 is 0 Å². The van der Waals surface area contributed by atoms with E-state index in [1.54, 1.807) is 0 Å². The molecule has 4 heteroatoms. The van der Waals surface area contributed by atoms with Gasteiger partial charge in [-0.1, -0.05) is 0 Å². The second kappa shape index (κ2) is 4.62. The molecule has 0 aliphatic carbocycles. The summed E-state index contributed by atoms with van der Waals surface area (Å²) >= 11 is 0. The monoisotopic (exact) mass is 106 g/mol. The fourth-order valence-corrected chi connectivity index (χ4v) is 0.172. The molecule has 0 bridgehead atoms. The van der Waals surface area contributed by atoms with Crippen LogP contribution in [0.15, 0.2) is 0 Å². The highest BCUT2D eigenvalue weighted by atomic mass is 28.3. The van der Waals surface area contributed by atoms with Gasteiger partial charge in [0.25, 0.3) is 0 Å². The molecule has 0 aliphatic rings. The minimum atomic E-state index is -1.07. The summed E-state index contributed by atoms with van der Waals surface area (Å²) in [6, 6.07) is 0. The lowest BCUT2D eigenvalue weighted by atomic mass is 11.6. The van der Waals surface area contributed by atoms with Gasteiger partial charge < -0.3 is 8.85 Å². The lowest BCUT2D eigenvalue weighted by Crippen LogP contribution is -1.87. The molecule has 6 heavy (non-hydrogen) atoms. The summed E-state index contributed by atoms with van der Waals surface area (Å²) in [5.41, 5.74) is 0. The number of hydrogen-bond acceptors (Lipinski definition) is 1. The zero-order chi connectivity index (χ0) is 4.83. The van der Waals surface area contributed by atoms with Crippen LogP contribution in [0.1, 0.15) is 0 Å². The molecule has 0 N–H and O–H groups in total. The normalized spacial score (nSPS) is 9.67. The maximum atomic E-state index is 10.8. The topological polar surface area (TPSA) is 20.5 Å². The molecule has 0 spiro atoms. The minimum absolute atomic E-state index is 1.07. The molecule has 34 valence electrons. The summed E-state index contributed by atoms with van der Waals surface area (Å²) in [4.78, 5) is 0. The molecule has 0 saturated carbocycles. The maximum Gasteiger partial charge on any atom is 0.737 e. The number of carbonyl (C=O) groups excluding carboxylic acids is 1. The molecule has 0 aromatic rings. The van der Waals surface area contributed by atoms with Gasteiger partial charge >= 0.3 is 10.1 Å². The Morgan fingerprint density at radius 2 is 2.67 bits per heavy atom. The van der Waals surface area contributed by atoms with Crippen LogP contribution < -0.4 is 0 Å². The molecule has 0 rings (SSSR count). The summed E-state index contributed by atoms with van der Waals surface area (Å²) in [5, 5.41) is 0. The minimum Gasteiger partial charge on any atom is -0.568 e. The summed E-state index contributed by atoms with van der Waals surface area (Å²) in [5.74, 6) is 0. The number of hydrogen-bond donors (Lipinski definition) is 0. The lowest BCUT2D eigenvalue weighted by molar-refractivity contribution is 0.157. The molecule has 0 heterocycles. The Bertz CT molecular complexity index is 46.8. The Balaban J connectivity index is 2.66. The largest absolute Gasteiger partial charge is 0.737 e. The van der Waals surface area contributed by atoms with Crippen LogP contribution in [0, 0.1) is 0 Å². The van der Waals surface area contributed by atoms with Crippen LogP contribution in [0.2, 0.25) is 0 Å². The zero-order valence-electron chi connectivity index (χ0n) is 3.19. The maximum absolute atomic E-state index is 10.8. The average Bonchev–Trinajstić information content (AvgIpc) is 1.61. The summed E-state index contributed by atoms with van der Waals surface area (Å²) in [6.45, 7) is 1.84. The Morgan fingerprint density at radius 1 is 2.00 bits per heavy atom. The highest BCUT2D eigenvalue weighted by Crippen LogP contribution is 1.57. The Morgan fingerprint density at radius 3 is 2.83 bits per heavy atom. The van der Waals surface area contributed by atoms with Gasteiger partial charge in [0.1, 0.15) is 13.6 Å². The summed E-state index contributed by atoms with van der Waals surface area (Å²) < 4.78 is 18.8. The predicted molar refractivity (Wildman–Crippen MR) is 19.6 cm³/mol. The molecule has 0 amide bonds. The summed E-state index contributed by atoms with van der Waals surface area (Å²) in [7, 11) is 0.262. The van der Waals surface area contributed by atoms with Crippen molar-refractivity contribution in [3.63, 3.8) is 0 Å². The molecule has 0 unspecified atom stereocenters. The van der Waals surface area contributed by atoms with Crippen molar-refractivity contribution in [1.29, 1.82) is 0 Å². The van der Waals surface area contributed by atoms with Crippen molar-refractivity contribution < 1.29 is 13.0 Å². The third kappa shape index (κ3) is 3.62. The van der Waals surface area contributed by atoms with E-state index in [0.29, 0.717) is 0 Å². The van der Waals surface area contributed by atoms with Crippen molar-refractivity contribution in [2.24, 2.45) is 0 Å². The van der Waals surface area contributed by atoms with Gasteiger partial charge in [0, 0.05) is 0 Å². The van der Waals surface area contributed by atoms with Crippen LogP contribution in [0.4, 0.5) is 4.11 Å². The van der Waals surface area contributed by atoms with Crippen molar-refractivity contribution in [1.82, 2.24) is 0 Å². The highest BCUT2D eigenvalue weighted by molar-refractivity contribution is 6.19. The molecule has 2 nitrogen and oxygen atoms in total. The third-order valence-electron chi connectivity index (χ3n) is 0.164. The standard InChI is InChI=1S/C2H3FO2Si/c1-4-2-5-6-3/h1H3. The first-order valence-corrected chi connectivity index (χ1v) is 2.00. The number of halogens is 1. The van der Waals surface area contributed by atoms with Gasteiger partial charge in [-0.15, -0.1) is 0 Å². The molecule has 0 saturated heterocycles. The Kier molecular flexibility index (Phi) is 4.32. The second-order valence-corrected chi connectivity index (χ2v) is 0.825. The van der Waals surface area contributed by atoms with Gasteiger partial charge in [-0.05, 0) is 0 Å². The van der Waals surface area contributed by atoms with Crippen LogP contribution in [0.3, 0.4) is 0 Å². The molecule has 0 aliphatic heterocycles. The van der Waals surface area contributed by atoms with E-state index in [1.807, 2.05) is 6.47 Å². The zero-order valence-corrected chi connectivity index (χ0v) is 4.19. The van der Waals surface area contributed by atoms with Crippen molar-refractivity contribution >= 4 is 16.6 Å². The lowest BCUT2D eigenvalue weighted by Gasteiger charge is -1.82. The van der Waals surface area contributed by atoms with Gasteiger partial charge in [-0.25, -0.2) is 4.11 Å². The fraction of sp³-hybridized carbons (Fsp3) is 0.500. The molecular weight excluding hydrogens is 103 g/mol. The molecule has 0 atom stereocenters. The first kappa shape index (κ1) is 5.62. The van der Waals surface area contributed by atoms with Gasteiger partial charge in [-0.3, -0.25) is 0 Å². The van der Waals surface area contributed by atoms with E-state index < -0.39 is 10.1 Å². The van der Waals surface area contributed by atoms with E-state index in [1.165, 1.54) is 7.11 Å². The van der Waals surface area contributed by atoms with Gasteiger partial charge in [-0.2, -0.15) is 0 Å². The van der Waals surface area contributed by atoms with Gasteiger partial charge in [0.15, 0.2) is 0 Å². The predicted octanol–water partition coefficient (Wildman–Crippen LogP) is -0.261. The molecule has 0 aromatic heterocycles. The van der Waals surface area contributed by atoms with Crippen molar-refractivity contribution in [3.8, 4) is 0 Å². The Hall–Kier alpha value is -0.383. The Labute approximate surface area is 37.7 Å². The summed E-state index contributed by atoms with van der Waals surface area (Å²) in [6.07, 6.45) is 0. The fourth-order valence-electron chi connectivity index (χ4n) is 0.0574.